The van der Waals surface area contributed by atoms with Crippen molar-refractivity contribution in [2.24, 2.45) is 0 Å². The van der Waals surface area contributed by atoms with E-state index in [2.05, 4.69) is 10.4 Å². The number of ether oxygens (including phenoxy) is 2. The predicted molar refractivity (Wildman–Crippen MR) is 135 cm³/mol. The van der Waals surface area contributed by atoms with Crippen LogP contribution in [0.25, 0.3) is 0 Å². The molecule has 3 rings (SSSR count). The maximum atomic E-state index is 12.9. The van der Waals surface area contributed by atoms with E-state index < -0.39 is 30.0 Å². The Morgan fingerprint density at radius 1 is 1.05 bits per heavy atom. The van der Waals surface area contributed by atoms with E-state index in [4.69, 9.17) is 9.47 Å². The number of aromatic nitrogens is 2. The maximum absolute atomic E-state index is 12.9. The first-order valence-corrected chi connectivity index (χ1v) is 11.9. The van der Waals surface area contributed by atoms with Crippen LogP contribution in [0.15, 0.2) is 60.7 Å². The number of hydrogen-bond acceptors (Lipinski definition) is 7. The van der Waals surface area contributed by atoms with E-state index >= 15 is 0 Å². The molecule has 0 aliphatic heterocycles. The first kappa shape index (κ1) is 27.4. The van der Waals surface area contributed by atoms with Gasteiger partial charge in [-0.15, -0.1) is 0 Å². The smallest absolute Gasteiger partial charge is 0.354 e. The minimum Gasteiger partial charge on any atom is -0.497 e. The molecule has 0 aliphatic rings. The van der Waals surface area contributed by atoms with Crippen LogP contribution in [0.3, 0.4) is 0 Å². The highest BCUT2D eigenvalue weighted by Crippen LogP contribution is 2.17. The number of nitrogens with zero attached hydrogens (tertiary/aromatic N) is 2. The molecule has 0 unspecified atom stereocenters. The zero-order valence-corrected chi connectivity index (χ0v) is 20.8. The van der Waals surface area contributed by atoms with Crippen LogP contribution in [0.1, 0.15) is 51.9 Å². The van der Waals surface area contributed by atoms with Gasteiger partial charge in [0, 0.05) is 12.5 Å². The fourth-order valence-corrected chi connectivity index (χ4v) is 3.63. The molecule has 0 saturated carbocycles. The molecule has 1 atom stereocenters. The maximum Gasteiger partial charge on any atom is 0.354 e. The molecule has 10 nitrogen and oxygen atoms in total. The second kappa shape index (κ2) is 12.7. The van der Waals surface area contributed by atoms with E-state index in [-0.39, 0.29) is 31.0 Å². The van der Waals surface area contributed by atoms with Gasteiger partial charge in [0.2, 0.25) is 0 Å². The number of carbonyl (C=O) groups is 3. The van der Waals surface area contributed by atoms with Crippen molar-refractivity contribution in [2.75, 3.05) is 20.3 Å². The number of unbranched alkanes of at least 4 members (excludes halogenated alkanes) is 1. The molecule has 2 aromatic carbocycles. The third-order valence-electron chi connectivity index (χ3n) is 5.71. The summed E-state index contributed by atoms with van der Waals surface area (Å²) in [4.78, 5) is 37.4. The molecule has 1 amide bonds. The van der Waals surface area contributed by atoms with Gasteiger partial charge in [0.25, 0.3) is 5.91 Å². The average molecular weight is 510 g/mol. The van der Waals surface area contributed by atoms with Crippen LogP contribution < -0.4 is 10.1 Å². The molecule has 10 heteroatoms. The van der Waals surface area contributed by atoms with Gasteiger partial charge in [0.1, 0.15) is 11.4 Å². The van der Waals surface area contributed by atoms with E-state index in [1.807, 2.05) is 13.0 Å². The first-order chi connectivity index (χ1) is 17.8. The molecule has 37 heavy (non-hydrogen) atoms. The van der Waals surface area contributed by atoms with E-state index in [1.54, 1.807) is 55.6 Å². The summed E-state index contributed by atoms with van der Waals surface area (Å²) in [6, 6.07) is 17.0. The Morgan fingerprint density at radius 2 is 1.76 bits per heavy atom. The predicted octanol–water partition coefficient (Wildman–Crippen LogP) is 2.69. The van der Waals surface area contributed by atoms with Crippen molar-refractivity contribution in [3.8, 4) is 5.75 Å². The van der Waals surface area contributed by atoms with Gasteiger partial charge < -0.3 is 25.0 Å². The second-order valence-electron chi connectivity index (χ2n) is 8.59. The zero-order valence-electron chi connectivity index (χ0n) is 20.8. The number of hydrogen-bond donors (Lipinski definition) is 3. The average Bonchev–Trinajstić information content (AvgIpc) is 3.32. The van der Waals surface area contributed by atoms with Crippen LogP contribution >= 0.6 is 0 Å². The summed E-state index contributed by atoms with van der Waals surface area (Å²) in [7, 11) is 1.54. The number of amides is 1. The Balaban J connectivity index is 1.76. The summed E-state index contributed by atoms with van der Waals surface area (Å²) >= 11 is 0. The SMILES string of the molecule is CCCCOC(=O)[C@@](O)(CNC(=O)c1cc(C(=O)O)n(Cc2ccc(OC)cc2)n1)Cc1ccccc1. The lowest BCUT2D eigenvalue weighted by molar-refractivity contribution is -0.165. The number of aromatic carboxylic acids is 1. The van der Waals surface area contributed by atoms with Gasteiger partial charge in [-0.25, -0.2) is 9.59 Å². The number of rotatable bonds is 13. The van der Waals surface area contributed by atoms with Gasteiger partial charge in [0.05, 0.1) is 26.8 Å². The third-order valence-corrected chi connectivity index (χ3v) is 5.71. The van der Waals surface area contributed by atoms with Gasteiger partial charge in [-0.2, -0.15) is 5.10 Å². The highest BCUT2D eigenvalue weighted by atomic mass is 16.5. The third kappa shape index (κ3) is 7.40. The van der Waals surface area contributed by atoms with Gasteiger partial charge in [-0.1, -0.05) is 55.8 Å². The van der Waals surface area contributed by atoms with Crippen LogP contribution in [-0.4, -0.2) is 63.7 Å². The molecule has 0 bridgehead atoms. The first-order valence-electron chi connectivity index (χ1n) is 11.9. The summed E-state index contributed by atoms with van der Waals surface area (Å²) in [6.45, 7) is 1.77. The highest BCUT2D eigenvalue weighted by Gasteiger charge is 2.38. The largest absolute Gasteiger partial charge is 0.497 e. The Labute approximate surface area is 214 Å². The van der Waals surface area contributed by atoms with Crippen LogP contribution in [0.5, 0.6) is 5.75 Å². The lowest BCUT2D eigenvalue weighted by Gasteiger charge is -2.26. The van der Waals surface area contributed by atoms with Crippen molar-refractivity contribution in [1.29, 1.82) is 0 Å². The monoisotopic (exact) mass is 509 g/mol. The summed E-state index contributed by atoms with van der Waals surface area (Å²) in [5.74, 6) is -2.18. The minimum absolute atomic E-state index is 0.0780. The topological polar surface area (TPSA) is 140 Å². The number of benzene rings is 2. The van der Waals surface area contributed by atoms with Crippen molar-refractivity contribution in [2.45, 2.75) is 38.3 Å². The van der Waals surface area contributed by atoms with Gasteiger partial charge >= 0.3 is 11.9 Å². The number of esters is 1. The summed E-state index contributed by atoms with van der Waals surface area (Å²) < 4.78 is 11.6. The second-order valence-corrected chi connectivity index (χ2v) is 8.59. The molecule has 0 spiro atoms. The Kier molecular flexibility index (Phi) is 9.39. The minimum atomic E-state index is -2.02. The normalized spacial score (nSPS) is 12.4. The Morgan fingerprint density at radius 3 is 2.38 bits per heavy atom. The Bertz CT molecular complexity index is 1210. The number of carbonyl (C=O) groups excluding carboxylic acids is 2. The van der Waals surface area contributed by atoms with E-state index in [0.29, 0.717) is 17.7 Å². The van der Waals surface area contributed by atoms with Crippen LogP contribution in [-0.2, 0) is 22.5 Å². The fraction of sp³-hybridized carbons (Fsp3) is 0.333. The summed E-state index contributed by atoms with van der Waals surface area (Å²) in [5.41, 5.74) is -0.924. The molecule has 0 fully saturated rings. The number of methoxy groups -OCH3 is 1. The van der Waals surface area contributed by atoms with Crippen molar-refractivity contribution >= 4 is 17.8 Å². The molecule has 3 aromatic rings. The van der Waals surface area contributed by atoms with Crippen LogP contribution in [0.4, 0.5) is 0 Å². The quantitative estimate of drug-likeness (QED) is 0.236. The number of carboxylic acids is 1. The lowest BCUT2D eigenvalue weighted by atomic mass is 9.94. The molecular weight excluding hydrogens is 478 g/mol. The summed E-state index contributed by atoms with van der Waals surface area (Å²) in [6.07, 6.45) is 1.38. The molecule has 0 radical (unpaired) electrons. The van der Waals surface area contributed by atoms with Gasteiger partial charge in [-0.05, 0) is 29.7 Å². The molecule has 1 heterocycles. The number of nitrogens with one attached hydrogen (secondary N) is 1. The zero-order chi connectivity index (χ0) is 26.8. The summed E-state index contributed by atoms with van der Waals surface area (Å²) in [5, 5.41) is 27.5. The molecule has 196 valence electrons. The molecule has 3 N–H and O–H groups in total. The molecule has 0 saturated heterocycles. The number of aliphatic hydroxyl groups is 1. The van der Waals surface area contributed by atoms with Crippen molar-refractivity contribution < 1.29 is 34.1 Å². The van der Waals surface area contributed by atoms with E-state index in [9.17, 15) is 24.6 Å². The van der Waals surface area contributed by atoms with E-state index in [0.717, 1.165) is 18.1 Å². The fourth-order valence-electron chi connectivity index (χ4n) is 3.63. The Hall–Kier alpha value is -4.18. The lowest BCUT2D eigenvalue weighted by Crippen LogP contribution is -2.51. The molecule has 0 aliphatic carbocycles. The van der Waals surface area contributed by atoms with Crippen molar-refractivity contribution in [3.05, 3.63) is 83.2 Å². The van der Waals surface area contributed by atoms with Crippen LogP contribution in [0.2, 0.25) is 0 Å². The molecule has 1 aromatic heterocycles. The van der Waals surface area contributed by atoms with E-state index in [1.165, 1.54) is 4.68 Å². The van der Waals surface area contributed by atoms with Gasteiger partial charge in [-0.3, -0.25) is 9.48 Å². The number of carboxylic acid groups (broad SMARTS) is 1. The standard InChI is InChI=1S/C27H31N3O7/c1-3-4-14-37-26(34)27(35,16-19-8-6-5-7-9-19)18-28-24(31)22-15-23(25(32)33)30(29-22)17-20-10-12-21(36-2)13-11-20/h5-13,15,35H,3-4,14,16-18H2,1-2H3,(H,28,31)(H,32,33)/t27-/m0/s1. The highest BCUT2D eigenvalue weighted by molar-refractivity contribution is 5.96. The van der Waals surface area contributed by atoms with Crippen molar-refractivity contribution in [3.63, 3.8) is 0 Å². The molecular formula is C27H31N3O7. The van der Waals surface area contributed by atoms with Gasteiger partial charge in [0.15, 0.2) is 11.3 Å². The van der Waals surface area contributed by atoms with Crippen molar-refractivity contribution in [1.82, 2.24) is 15.1 Å². The van der Waals surface area contributed by atoms with Crippen LogP contribution in [0, 0.1) is 0 Å².